The maximum absolute atomic E-state index is 9.88. The molecule has 0 saturated carbocycles. The molecule has 2 rings (SSSR count). The van der Waals surface area contributed by atoms with Crippen LogP contribution in [0.1, 0.15) is 13.8 Å². The predicted octanol–water partition coefficient (Wildman–Crippen LogP) is -0.0716. The van der Waals surface area contributed by atoms with Crippen molar-refractivity contribution in [3.05, 3.63) is 54.6 Å². The van der Waals surface area contributed by atoms with Gasteiger partial charge in [-0.1, -0.05) is 36.4 Å². The molecule has 146 valence electrons. The van der Waals surface area contributed by atoms with Crippen LogP contribution in [-0.4, -0.2) is 47.4 Å². The highest BCUT2D eigenvalue weighted by Gasteiger charge is 2.09. The summed E-state index contributed by atoms with van der Waals surface area (Å²) in [6.07, 6.45) is 0.499. The van der Waals surface area contributed by atoms with Gasteiger partial charge in [-0.2, -0.15) is 0 Å². The van der Waals surface area contributed by atoms with Crippen LogP contribution in [0.5, 0.6) is 5.75 Å². The third-order valence-electron chi connectivity index (χ3n) is 3.42. The number of carbonyl (C=O) groups excluding carboxylic acids is 1. The molecular formula is C20H25NO6. The summed E-state index contributed by atoms with van der Waals surface area (Å²) in [6.45, 7) is 5.22. The first-order valence-electron chi connectivity index (χ1n) is 8.53. The fourth-order valence-electron chi connectivity index (χ4n) is 2.14. The van der Waals surface area contributed by atoms with Gasteiger partial charge in [0, 0.05) is 11.5 Å². The molecule has 0 aliphatic heterocycles. The Morgan fingerprint density at radius 1 is 1.15 bits per heavy atom. The number of quaternary nitrogens is 1. The number of aliphatic carboxylic acids is 2. The van der Waals surface area contributed by atoms with E-state index in [0.29, 0.717) is 31.3 Å². The molecule has 4 N–H and O–H groups in total. The van der Waals surface area contributed by atoms with E-state index in [-0.39, 0.29) is 0 Å². The summed E-state index contributed by atoms with van der Waals surface area (Å²) in [6, 6.07) is 14.6. The Kier molecular flexibility index (Phi) is 9.57. The Hall–Kier alpha value is -2.90. The van der Waals surface area contributed by atoms with Crippen molar-refractivity contribution < 1.29 is 35.0 Å². The first-order chi connectivity index (χ1) is 12.8. The van der Waals surface area contributed by atoms with Gasteiger partial charge in [0.25, 0.3) is 0 Å². The lowest BCUT2D eigenvalue weighted by Gasteiger charge is -2.14. The van der Waals surface area contributed by atoms with Crippen molar-refractivity contribution in [1.29, 1.82) is 0 Å². The van der Waals surface area contributed by atoms with Crippen molar-refractivity contribution >= 4 is 22.7 Å². The fraction of sp³-hybridized carbons (Fsp3) is 0.300. The molecule has 7 nitrogen and oxygen atoms in total. The van der Waals surface area contributed by atoms with Crippen molar-refractivity contribution in [1.82, 2.24) is 0 Å². The molecule has 0 aliphatic rings. The SMILES string of the molecule is CC(C)[NH2+]C[C@@H](O)COc1cccc2ccccc12.O=C([O-])/C=C\C(=O)O. The van der Waals surface area contributed by atoms with Crippen LogP contribution in [0.25, 0.3) is 10.8 Å². The number of rotatable bonds is 8. The average molecular weight is 375 g/mol. The van der Waals surface area contributed by atoms with Gasteiger partial charge in [-0.25, -0.2) is 4.79 Å². The highest BCUT2D eigenvalue weighted by Crippen LogP contribution is 2.25. The molecule has 0 unspecified atom stereocenters. The van der Waals surface area contributed by atoms with E-state index >= 15 is 0 Å². The maximum atomic E-state index is 9.88. The standard InChI is InChI=1S/C16H21NO2.C4H4O4/c1-12(2)17-10-14(18)11-19-16-9-5-7-13-6-3-4-8-15(13)16;5-3(6)1-2-4(7)8/h3-9,12,14,17-18H,10-11H2,1-2H3;1-2H,(H,5,6)(H,7,8)/b;2-1-/t14-;/m1./s1. The van der Waals surface area contributed by atoms with Crippen molar-refractivity contribution in [2.45, 2.75) is 26.0 Å². The number of ether oxygens (including phenoxy) is 1. The molecular weight excluding hydrogens is 350 g/mol. The molecule has 0 amide bonds. The fourth-order valence-corrected chi connectivity index (χ4v) is 2.14. The van der Waals surface area contributed by atoms with Gasteiger partial charge in [-0.15, -0.1) is 0 Å². The maximum Gasteiger partial charge on any atom is 0.328 e. The van der Waals surface area contributed by atoms with Crippen molar-refractivity contribution in [3.63, 3.8) is 0 Å². The molecule has 0 radical (unpaired) electrons. The van der Waals surface area contributed by atoms with Crippen LogP contribution in [0.15, 0.2) is 54.6 Å². The van der Waals surface area contributed by atoms with E-state index in [0.717, 1.165) is 16.5 Å². The number of carbonyl (C=O) groups is 2. The molecule has 27 heavy (non-hydrogen) atoms. The van der Waals surface area contributed by atoms with Crippen molar-refractivity contribution in [2.24, 2.45) is 0 Å². The van der Waals surface area contributed by atoms with Gasteiger partial charge >= 0.3 is 5.97 Å². The van der Waals surface area contributed by atoms with Crippen LogP contribution < -0.4 is 15.2 Å². The number of nitrogens with two attached hydrogens (primary N) is 1. The zero-order chi connectivity index (χ0) is 20.2. The number of hydrogen-bond donors (Lipinski definition) is 3. The minimum atomic E-state index is -1.51. The highest BCUT2D eigenvalue weighted by atomic mass is 16.5. The quantitative estimate of drug-likeness (QED) is 0.555. The zero-order valence-electron chi connectivity index (χ0n) is 15.4. The number of hydrogen-bond acceptors (Lipinski definition) is 5. The number of aliphatic hydroxyl groups excluding tert-OH is 1. The van der Waals surface area contributed by atoms with Crippen LogP contribution in [0.3, 0.4) is 0 Å². The summed E-state index contributed by atoms with van der Waals surface area (Å²) in [5.74, 6) is -1.97. The summed E-state index contributed by atoms with van der Waals surface area (Å²) in [4.78, 5) is 19.0. The molecule has 2 aromatic carbocycles. The van der Waals surface area contributed by atoms with Crippen LogP contribution in [0.2, 0.25) is 0 Å². The zero-order valence-corrected chi connectivity index (χ0v) is 15.4. The van der Waals surface area contributed by atoms with E-state index in [1.54, 1.807) is 0 Å². The number of fused-ring (bicyclic) bond motifs is 1. The van der Waals surface area contributed by atoms with E-state index in [4.69, 9.17) is 9.84 Å². The minimum absolute atomic E-state index is 0.331. The first kappa shape index (κ1) is 22.1. The van der Waals surface area contributed by atoms with E-state index in [1.807, 2.05) is 30.3 Å². The number of aliphatic hydroxyl groups is 1. The Bertz CT molecular complexity index is 751. The lowest BCUT2D eigenvalue weighted by molar-refractivity contribution is -0.688. The third kappa shape index (κ3) is 9.39. The predicted molar refractivity (Wildman–Crippen MR) is 99.2 cm³/mol. The Morgan fingerprint density at radius 3 is 2.41 bits per heavy atom. The topological polar surface area (TPSA) is 124 Å². The summed E-state index contributed by atoms with van der Waals surface area (Å²) in [5.41, 5.74) is 0. The van der Waals surface area contributed by atoms with Crippen LogP contribution in [-0.2, 0) is 9.59 Å². The first-order valence-corrected chi connectivity index (χ1v) is 8.53. The van der Waals surface area contributed by atoms with Crippen molar-refractivity contribution in [2.75, 3.05) is 13.2 Å². The van der Waals surface area contributed by atoms with Crippen LogP contribution in [0.4, 0.5) is 0 Å². The lowest BCUT2D eigenvalue weighted by Crippen LogP contribution is -2.90. The van der Waals surface area contributed by atoms with Crippen LogP contribution in [0, 0.1) is 0 Å². The van der Waals surface area contributed by atoms with Crippen molar-refractivity contribution in [3.8, 4) is 5.75 Å². The van der Waals surface area contributed by atoms with E-state index < -0.39 is 18.0 Å². The Balaban J connectivity index is 0.000000387. The molecule has 0 saturated heterocycles. The molecule has 0 fully saturated rings. The molecule has 0 bridgehead atoms. The summed E-state index contributed by atoms with van der Waals surface area (Å²) in [5, 5.41) is 31.5. The van der Waals surface area contributed by atoms with Crippen LogP contribution >= 0.6 is 0 Å². The van der Waals surface area contributed by atoms with Gasteiger partial charge in [-0.05, 0) is 31.4 Å². The average Bonchev–Trinajstić information content (AvgIpc) is 2.63. The second kappa shape index (κ2) is 11.7. The van der Waals surface area contributed by atoms with Gasteiger partial charge in [0.2, 0.25) is 0 Å². The Labute approximate surface area is 157 Å². The smallest absolute Gasteiger partial charge is 0.328 e. The van der Waals surface area contributed by atoms with Gasteiger partial charge in [0.1, 0.15) is 25.0 Å². The summed E-state index contributed by atoms with van der Waals surface area (Å²) in [7, 11) is 0. The van der Waals surface area contributed by atoms with Gasteiger partial charge in [-0.3, -0.25) is 0 Å². The summed E-state index contributed by atoms with van der Waals surface area (Å²) < 4.78 is 5.74. The number of carboxylic acids is 2. The highest BCUT2D eigenvalue weighted by molar-refractivity contribution is 5.89. The molecule has 0 aliphatic carbocycles. The molecule has 0 spiro atoms. The van der Waals surface area contributed by atoms with E-state index in [9.17, 15) is 19.8 Å². The molecule has 1 atom stereocenters. The molecule has 0 heterocycles. The van der Waals surface area contributed by atoms with Gasteiger partial charge in [0.05, 0.1) is 12.0 Å². The largest absolute Gasteiger partial charge is 0.545 e. The monoisotopic (exact) mass is 375 g/mol. The second-order valence-corrected chi connectivity index (χ2v) is 6.15. The number of benzene rings is 2. The lowest BCUT2D eigenvalue weighted by atomic mass is 10.1. The molecule has 0 aromatic heterocycles. The normalized spacial score (nSPS) is 11.9. The third-order valence-corrected chi connectivity index (χ3v) is 3.42. The molecule has 2 aromatic rings. The summed E-state index contributed by atoms with van der Waals surface area (Å²) >= 11 is 0. The van der Waals surface area contributed by atoms with Gasteiger partial charge < -0.3 is 30.2 Å². The minimum Gasteiger partial charge on any atom is -0.545 e. The van der Waals surface area contributed by atoms with Gasteiger partial charge in [0.15, 0.2) is 0 Å². The van der Waals surface area contributed by atoms with E-state index in [2.05, 4.69) is 31.3 Å². The second-order valence-electron chi connectivity index (χ2n) is 6.15. The van der Waals surface area contributed by atoms with E-state index in [1.165, 1.54) is 0 Å². The molecule has 7 heteroatoms. The number of carboxylic acid groups (broad SMARTS) is 2. The Morgan fingerprint density at radius 2 is 1.81 bits per heavy atom.